The Balaban J connectivity index is -0.0000000206. The Kier molecular flexibility index (Phi) is 44.8. The van der Waals surface area contributed by atoms with E-state index in [-0.39, 0.29) is 118 Å². The van der Waals surface area contributed by atoms with Gasteiger partial charge in [0.1, 0.15) is 0 Å². The predicted molar refractivity (Wildman–Crippen MR) is 31.4 cm³/mol. The first-order valence-electron chi connectivity index (χ1n) is 2.00. The number of hydrogen-bond acceptors (Lipinski definition) is 12. The third kappa shape index (κ3) is 644. The molecule has 19 heteroatoms. The Bertz CT molecular complexity index is 350. The van der Waals surface area contributed by atoms with E-state index in [2.05, 4.69) is 0 Å². The van der Waals surface area contributed by atoms with Gasteiger partial charge in [0.05, 0.1) is 0 Å². The van der Waals surface area contributed by atoms with Gasteiger partial charge < -0.3 is 27.3 Å². The fourth-order valence-electron chi connectivity index (χ4n) is 0. The number of hydrogen-bond donors (Lipinski definition) is 0. The van der Waals surface area contributed by atoms with Crippen LogP contribution in [0.1, 0.15) is 0 Å². The summed E-state index contributed by atoms with van der Waals surface area (Å²) in [5, 5.41) is 0. The van der Waals surface area contributed by atoms with Gasteiger partial charge in [0, 0.05) is 83.6 Å². The summed E-state index contributed by atoms with van der Waals surface area (Å²) in [6.45, 7) is 0. The maximum atomic E-state index is 8.52. The molecule has 0 amide bonds. The molecule has 0 saturated heterocycles. The molecular weight excluding hydrogens is 648 g/mol. The normalized spacial score (nSPS) is 9.16. The maximum absolute atomic E-state index is 8.52. The summed E-state index contributed by atoms with van der Waals surface area (Å²) in [7, 11) is -15.5. The van der Waals surface area contributed by atoms with Crippen LogP contribution in [0.4, 0.5) is 0 Å². The van der Waals surface area contributed by atoms with Crippen molar-refractivity contribution in [1.29, 1.82) is 0 Å². The molecule has 0 unspecified atom stereocenters. The molecule has 0 fully saturated rings. The molecule has 0 aliphatic heterocycles. The second-order valence-electron chi connectivity index (χ2n) is 1.22. The van der Waals surface area contributed by atoms with E-state index in [1.165, 1.54) is 0 Å². The zero-order chi connectivity index (χ0) is 13.5. The average molecular weight is 648 g/mol. The fourth-order valence-corrected chi connectivity index (χ4v) is 0. The SMILES string of the molecule is O=S(=O)([O-])[O-].O=S(=O)([O-])[O-].O=S(=O)([O-])[O-].[Y+3].[Y+3].[Zr].[Zr]. The van der Waals surface area contributed by atoms with Crippen LogP contribution in [-0.4, -0.2) is 52.6 Å². The van der Waals surface area contributed by atoms with E-state index in [1.807, 2.05) is 0 Å². The maximum Gasteiger partial charge on any atom is 3.00 e. The Hall–Kier alpha value is 3.58. The molecule has 104 valence electrons. The van der Waals surface area contributed by atoms with Crippen molar-refractivity contribution in [2.45, 2.75) is 0 Å². The van der Waals surface area contributed by atoms with Gasteiger partial charge >= 0.3 is 65.4 Å². The van der Waals surface area contributed by atoms with Crippen LogP contribution < -0.4 is 0 Å². The molecule has 0 saturated carbocycles. The van der Waals surface area contributed by atoms with Crippen molar-refractivity contribution in [3.8, 4) is 0 Å². The van der Waals surface area contributed by atoms with Crippen LogP contribution in [0.25, 0.3) is 0 Å². The van der Waals surface area contributed by atoms with Crippen LogP contribution in [-0.2, 0) is 149 Å². The monoisotopic (exact) mass is 645 g/mol. The van der Waals surface area contributed by atoms with Gasteiger partial charge in [0.25, 0.3) is 0 Å². The molecule has 0 bridgehead atoms. The predicted octanol–water partition coefficient (Wildman–Crippen LogP) is -4.02. The van der Waals surface area contributed by atoms with Gasteiger partial charge in [-0.2, -0.15) is 0 Å². The summed E-state index contributed by atoms with van der Waals surface area (Å²) < 4.78 is 102. The third-order valence-corrected chi connectivity index (χ3v) is 0. The molecule has 0 rings (SSSR count). The average Bonchev–Trinajstić information content (AvgIpc) is 1.41. The van der Waals surface area contributed by atoms with E-state index >= 15 is 0 Å². The molecule has 0 spiro atoms. The van der Waals surface area contributed by atoms with Gasteiger partial charge in [-0.25, -0.2) is 0 Å². The Morgan fingerprint density at radius 2 is 0.421 bits per heavy atom. The van der Waals surface area contributed by atoms with E-state index in [1.54, 1.807) is 0 Å². The molecule has 0 N–H and O–H groups in total. The minimum atomic E-state index is -5.17. The molecule has 0 aliphatic carbocycles. The third-order valence-electron chi connectivity index (χ3n) is 0. The molecule has 0 atom stereocenters. The van der Waals surface area contributed by atoms with Gasteiger partial charge in [-0.1, -0.05) is 0 Å². The largest absolute Gasteiger partial charge is 3.00 e. The summed E-state index contributed by atoms with van der Waals surface area (Å²) in [4.78, 5) is 0. The van der Waals surface area contributed by atoms with Gasteiger partial charge in [0.2, 0.25) is 0 Å². The molecule has 0 radical (unpaired) electrons. The van der Waals surface area contributed by atoms with Gasteiger partial charge in [-0.3, -0.25) is 25.3 Å². The van der Waals surface area contributed by atoms with Gasteiger partial charge in [-0.05, 0) is 0 Å². The van der Waals surface area contributed by atoms with Crippen LogP contribution in [0.5, 0.6) is 0 Å². The molecule has 19 heavy (non-hydrogen) atoms. The van der Waals surface area contributed by atoms with Crippen molar-refractivity contribution in [3.63, 3.8) is 0 Å². The molecule has 0 aromatic carbocycles. The van der Waals surface area contributed by atoms with E-state index in [9.17, 15) is 0 Å². The Morgan fingerprint density at radius 3 is 0.421 bits per heavy atom. The smallest absolute Gasteiger partial charge is 0.759 e. The van der Waals surface area contributed by atoms with Crippen molar-refractivity contribution in [1.82, 2.24) is 0 Å². The van der Waals surface area contributed by atoms with Gasteiger partial charge in [-0.15, -0.1) is 0 Å². The molecular formula is O12S3Y2Zr2. The van der Waals surface area contributed by atoms with Crippen molar-refractivity contribution in [3.05, 3.63) is 0 Å². The van der Waals surface area contributed by atoms with E-state index in [0.29, 0.717) is 0 Å². The van der Waals surface area contributed by atoms with Crippen molar-refractivity contribution in [2.24, 2.45) is 0 Å². The fraction of sp³-hybridized carbons (Fsp3) is 0. The zero-order valence-electron chi connectivity index (χ0n) is 8.28. The summed E-state index contributed by atoms with van der Waals surface area (Å²) in [5.41, 5.74) is 0. The first-order chi connectivity index (χ1) is 6.00. The molecule has 0 aromatic heterocycles. The first kappa shape index (κ1) is 43.3. The van der Waals surface area contributed by atoms with Gasteiger partial charge in [0.15, 0.2) is 0 Å². The quantitative estimate of drug-likeness (QED) is 0.180. The van der Waals surface area contributed by atoms with E-state index in [0.717, 1.165) is 0 Å². The standard InChI is InChI=1S/3H2O4S.2Y.2Zr/c3*1-5(2,3)4;;;;/h3*(H2,1,2,3,4);;;;/q;;;2*+3;;/p-6. The molecule has 12 nitrogen and oxygen atoms in total. The van der Waals surface area contributed by atoms with Crippen LogP contribution in [0.15, 0.2) is 0 Å². The molecule has 0 heterocycles. The van der Waals surface area contributed by atoms with Crippen molar-refractivity contribution >= 4 is 31.2 Å². The summed E-state index contributed by atoms with van der Waals surface area (Å²) in [5.74, 6) is 0. The van der Waals surface area contributed by atoms with Crippen molar-refractivity contribution in [2.75, 3.05) is 0 Å². The Morgan fingerprint density at radius 1 is 0.421 bits per heavy atom. The van der Waals surface area contributed by atoms with E-state index in [4.69, 9.17) is 52.6 Å². The minimum absolute atomic E-state index is 0. The second-order valence-corrected chi connectivity index (χ2v) is 3.67. The molecule has 0 aromatic rings. The first-order valence-corrected chi connectivity index (χ1v) is 6.00. The molecule has 0 aliphatic rings. The second kappa shape index (κ2) is 19.6. The Labute approximate surface area is 198 Å². The van der Waals surface area contributed by atoms with Crippen molar-refractivity contribution < 1.29 is 170 Å². The summed E-state index contributed by atoms with van der Waals surface area (Å²) in [6, 6.07) is 0. The van der Waals surface area contributed by atoms with Crippen LogP contribution >= 0.6 is 0 Å². The summed E-state index contributed by atoms with van der Waals surface area (Å²) >= 11 is 0. The van der Waals surface area contributed by atoms with Crippen LogP contribution in [0, 0.1) is 0 Å². The van der Waals surface area contributed by atoms with Crippen LogP contribution in [0.3, 0.4) is 0 Å². The summed E-state index contributed by atoms with van der Waals surface area (Å²) in [6.07, 6.45) is 0. The zero-order valence-corrected chi connectivity index (χ0v) is 21.3. The van der Waals surface area contributed by atoms with Crippen LogP contribution in [0.2, 0.25) is 0 Å². The van der Waals surface area contributed by atoms with E-state index < -0.39 is 31.2 Å². The number of rotatable bonds is 0. The minimum Gasteiger partial charge on any atom is -0.759 e. The topological polar surface area (TPSA) is 241 Å².